The Bertz CT molecular complexity index is 206. The summed E-state index contributed by atoms with van der Waals surface area (Å²) in [7, 11) is 0. The molecule has 14 heavy (non-hydrogen) atoms. The number of amides is 1. The fraction of sp³-hybridized carbons (Fsp3) is 0.900. The lowest BCUT2D eigenvalue weighted by atomic mass is 10.0. The molecular formula is C10H21N3O. The molecule has 0 radical (unpaired) electrons. The number of nitrogens with two attached hydrogens (primary N) is 1. The summed E-state index contributed by atoms with van der Waals surface area (Å²) in [5, 5.41) is 3.34. The van der Waals surface area contributed by atoms with Crippen LogP contribution in [0.4, 0.5) is 0 Å². The molecule has 0 aromatic carbocycles. The van der Waals surface area contributed by atoms with Crippen LogP contribution in [0.25, 0.3) is 0 Å². The molecule has 0 aromatic rings. The Balaban J connectivity index is 2.61. The van der Waals surface area contributed by atoms with Gasteiger partial charge in [-0.1, -0.05) is 6.92 Å². The van der Waals surface area contributed by atoms with Gasteiger partial charge >= 0.3 is 0 Å². The Labute approximate surface area is 85.8 Å². The van der Waals surface area contributed by atoms with E-state index in [0.29, 0.717) is 24.5 Å². The minimum absolute atomic E-state index is 0.238. The van der Waals surface area contributed by atoms with Crippen LogP contribution in [-0.2, 0) is 4.79 Å². The molecule has 2 unspecified atom stereocenters. The smallest absolute Gasteiger partial charge is 0.231 e. The highest BCUT2D eigenvalue weighted by atomic mass is 16.1. The first-order valence-corrected chi connectivity index (χ1v) is 5.27. The van der Waals surface area contributed by atoms with Crippen LogP contribution < -0.4 is 11.1 Å². The van der Waals surface area contributed by atoms with Crippen molar-refractivity contribution in [3.63, 3.8) is 0 Å². The number of nitrogens with zero attached hydrogens (tertiary/aromatic N) is 1. The fourth-order valence-electron chi connectivity index (χ4n) is 2.10. The molecule has 0 saturated carbocycles. The van der Waals surface area contributed by atoms with Gasteiger partial charge in [-0.05, 0) is 26.3 Å². The molecule has 4 heteroatoms. The van der Waals surface area contributed by atoms with Gasteiger partial charge < -0.3 is 11.1 Å². The molecule has 3 N–H and O–H groups in total. The number of rotatable bonds is 4. The Morgan fingerprint density at radius 1 is 1.57 bits per heavy atom. The Hall–Kier alpha value is -0.610. The van der Waals surface area contributed by atoms with Crippen molar-refractivity contribution in [1.82, 2.24) is 10.2 Å². The molecule has 2 atom stereocenters. The van der Waals surface area contributed by atoms with E-state index in [4.69, 9.17) is 5.73 Å². The van der Waals surface area contributed by atoms with Crippen LogP contribution in [0.2, 0.25) is 0 Å². The Kier molecular flexibility index (Phi) is 3.89. The minimum Gasteiger partial charge on any atom is -0.369 e. The molecule has 82 valence electrons. The van der Waals surface area contributed by atoms with Gasteiger partial charge in [-0.15, -0.1) is 0 Å². The summed E-state index contributed by atoms with van der Waals surface area (Å²) in [6.07, 6.45) is 0. The number of nitrogens with one attached hydrogen (secondary N) is 1. The topological polar surface area (TPSA) is 58.4 Å². The van der Waals surface area contributed by atoms with Crippen LogP contribution in [0.3, 0.4) is 0 Å². The molecule has 1 heterocycles. The monoisotopic (exact) mass is 199 g/mol. The van der Waals surface area contributed by atoms with Gasteiger partial charge in [-0.3, -0.25) is 9.69 Å². The number of hydrogen-bond acceptors (Lipinski definition) is 3. The first-order chi connectivity index (χ1) is 6.52. The van der Waals surface area contributed by atoms with Crippen molar-refractivity contribution in [3.05, 3.63) is 0 Å². The van der Waals surface area contributed by atoms with Gasteiger partial charge in [0.2, 0.25) is 5.91 Å². The molecule has 1 amide bonds. The van der Waals surface area contributed by atoms with Crippen molar-refractivity contribution in [2.45, 2.75) is 32.9 Å². The third-order valence-corrected chi connectivity index (χ3v) is 2.90. The summed E-state index contributed by atoms with van der Waals surface area (Å²) in [6.45, 7) is 8.79. The van der Waals surface area contributed by atoms with Crippen LogP contribution in [0.5, 0.6) is 0 Å². The van der Waals surface area contributed by atoms with E-state index in [9.17, 15) is 4.79 Å². The summed E-state index contributed by atoms with van der Waals surface area (Å²) in [5.74, 6) is 0.356. The average molecular weight is 199 g/mol. The van der Waals surface area contributed by atoms with E-state index in [1.165, 1.54) is 0 Å². The number of hydrogen-bond donors (Lipinski definition) is 2. The van der Waals surface area contributed by atoms with Gasteiger partial charge in [0.05, 0.1) is 6.54 Å². The van der Waals surface area contributed by atoms with Crippen LogP contribution >= 0.6 is 0 Å². The molecule has 0 bridgehead atoms. The normalized spacial score (nSPS) is 27.5. The lowest BCUT2D eigenvalue weighted by molar-refractivity contribution is -0.120. The van der Waals surface area contributed by atoms with Crippen LogP contribution in [-0.4, -0.2) is 42.5 Å². The maximum Gasteiger partial charge on any atom is 0.231 e. The van der Waals surface area contributed by atoms with Crippen molar-refractivity contribution < 1.29 is 4.79 Å². The highest BCUT2D eigenvalue weighted by Crippen LogP contribution is 2.17. The van der Waals surface area contributed by atoms with Gasteiger partial charge in [0, 0.05) is 18.6 Å². The van der Waals surface area contributed by atoms with E-state index in [1.54, 1.807) is 0 Å². The van der Waals surface area contributed by atoms with E-state index in [0.717, 1.165) is 13.1 Å². The van der Waals surface area contributed by atoms with E-state index >= 15 is 0 Å². The van der Waals surface area contributed by atoms with Crippen LogP contribution in [0, 0.1) is 5.92 Å². The molecule has 1 fully saturated rings. The van der Waals surface area contributed by atoms with Gasteiger partial charge in [-0.2, -0.15) is 0 Å². The first-order valence-electron chi connectivity index (χ1n) is 5.27. The quantitative estimate of drug-likeness (QED) is 0.658. The third kappa shape index (κ3) is 2.69. The zero-order valence-electron chi connectivity index (χ0n) is 9.29. The maximum absolute atomic E-state index is 10.9. The number of carbonyl (C=O) groups is 1. The largest absolute Gasteiger partial charge is 0.369 e. The summed E-state index contributed by atoms with van der Waals surface area (Å²) < 4.78 is 0. The zero-order valence-corrected chi connectivity index (χ0v) is 9.29. The molecule has 0 aromatic heterocycles. The van der Waals surface area contributed by atoms with E-state index in [-0.39, 0.29) is 5.91 Å². The van der Waals surface area contributed by atoms with Crippen molar-refractivity contribution in [3.8, 4) is 0 Å². The van der Waals surface area contributed by atoms with Gasteiger partial charge in [0.15, 0.2) is 0 Å². The van der Waals surface area contributed by atoms with Gasteiger partial charge in [0.25, 0.3) is 0 Å². The summed E-state index contributed by atoms with van der Waals surface area (Å²) in [4.78, 5) is 13.1. The van der Waals surface area contributed by atoms with Crippen molar-refractivity contribution in [1.29, 1.82) is 0 Å². The Morgan fingerprint density at radius 2 is 2.21 bits per heavy atom. The second-order valence-electron chi connectivity index (χ2n) is 4.44. The molecule has 1 rings (SSSR count). The molecule has 0 aliphatic carbocycles. The lowest BCUT2D eigenvalue weighted by Gasteiger charge is -2.33. The highest BCUT2D eigenvalue weighted by molar-refractivity contribution is 5.76. The lowest BCUT2D eigenvalue weighted by Crippen LogP contribution is -2.48. The van der Waals surface area contributed by atoms with Crippen molar-refractivity contribution >= 4 is 5.91 Å². The summed E-state index contributed by atoms with van der Waals surface area (Å²) in [5.41, 5.74) is 5.24. The predicted molar refractivity (Wildman–Crippen MR) is 56.9 cm³/mol. The van der Waals surface area contributed by atoms with E-state index < -0.39 is 0 Å². The minimum atomic E-state index is -0.238. The molecule has 0 spiro atoms. The Morgan fingerprint density at radius 3 is 2.57 bits per heavy atom. The molecule has 1 aliphatic heterocycles. The predicted octanol–water partition coefficient (Wildman–Crippen LogP) is -0.210. The zero-order chi connectivity index (χ0) is 10.7. The molecular weight excluding hydrogens is 178 g/mol. The first kappa shape index (κ1) is 11.5. The summed E-state index contributed by atoms with van der Waals surface area (Å²) >= 11 is 0. The van der Waals surface area contributed by atoms with Crippen LogP contribution in [0.15, 0.2) is 0 Å². The van der Waals surface area contributed by atoms with Gasteiger partial charge in [-0.25, -0.2) is 0 Å². The fourth-order valence-corrected chi connectivity index (χ4v) is 2.10. The van der Waals surface area contributed by atoms with Crippen molar-refractivity contribution in [2.24, 2.45) is 11.7 Å². The molecule has 1 saturated heterocycles. The van der Waals surface area contributed by atoms with Crippen molar-refractivity contribution in [2.75, 3.05) is 19.6 Å². The molecule has 4 nitrogen and oxygen atoms in total. The summed E-state index contributed by atoms with van der Waals surface area (Å²) in [6, 6.07) is 0.817. The van der Waals surface area contributed by atoms with Gasteiger partial charge in [0.1, 0.15) is 0 Å². The number of carbonyl (C=O) groups excluding carboxylic acids is 1. The second kappa shape index (κ2) is 4.75. The SMILES string of the molecule is CC1CNCC1N(CC(N)=O)C(C)C. The average Bonchev–Trinajstić information content (AvgIpc) is 2.46. The number of primary amides is 1. The van der Waals surface area contributed by atoms with Crippen LogP contribution in [0.1, 0.15) is 20.8 Å². The van der Waals surface area contributed by atoms with E-state index in [2.05, 4.69) is 31.0 Å². The highest BCUT2D eigenvalue weighted by Gasteiger charge is 2.30. The maximum atomic E-state index is 10.9. The third-order valence-electron chi connectivity index (χ3n) is 2.90. The van der Waals surface area contributed by atoms with E-state index in [1.807, 2.05) is 0 Å². The second-order valence-corrected chi connectivity index (χ2v) is 4.44. The molecule has 1 aliphatic rings. The standard InChI is InChI=1S/C10H21N3O/c1-7(2)13(6-10(11)14)9-5-12-4-8(9)3/h7-9,12H,4-6H2,1-3H3,(H2,11,14).